The Balaban J connectivity index is 2.96. The van der Waals surface area contributed by atoms with Gasteiger partial charge in [-0.25, -0.2) is 13.2 Å². The second-order valence-electron chi connectivity index (χ2n) is 3.77. The van der Waals surface area contributed by atoms with Crippen LogP contribution < -0.4 is 4.72 Å². The molecule has 5 nitrogen and oxygen atoms in total. The van der Waals surface area contributed by atoms with Gasteiger partial charge in [0, 0.05) is 0 Å². The predicted octanol–water partition coefficient (Wildman–Crippen LogP) is 2.58. The first kappa shape index (κ1) is 14.8. The van der Waals surface area contributed by atoms with Crippen molar-refractivity contribution in [2.75, 3.05) is 10.5 Å². The summed E-state index contributed by atoms with van der Waals surface area (Å²) >= 11 is 5.82. The van der Waals surface area contributed by atoms with E-state index in [1.165, 1.54) is 18.2 Å². The lowest BCUT2D eigenvalue weighted by molar-refractivity contribution is 0.0697. The number of carboxylic acids is 1. The summed E-state index contributed by atoms with van der Waals surface area (Å²) in [6.45, 7) is 1.88. The number of sulfonamides is 1. The number of rotatable bonds is 6. The van der Waals surface area contributed by atoms with Gasteiger partial charge in [0.2, 0.25) is 10.0 Å². The van der Waals surface area contributed by atoms with Crippen LogP contribution in [0.2, 0.25) is 5.02 Å². The monoisotopic (exact) mass is 291 g/mol. The molecule has 0 fully saturated rings. The number of benzene rings is 1. The number of nitrogens with one attached hydrogen (secondary N) is 1. The van der Waals surface area contributed by atoms with Crippen molar-refractivity contribution in [2.45, 2.75) is 19.8 Å². The lowest BCUT2D eigenvalue weighted by Gasteiger charge is -2.09. The smallest absolute Gasteiger partial charge is 0.335 e. The number of anilines is 1. The minimum Gasteiger partial charge on any atom is -0.478 e. The maximum atomic E-state index is 11.7. The first-order chi connectivity index (χ1) is 8.35. The summed E-state index contributed by atoms with van der Waals surface area (Å²) in [4.78, 5) is 10.8. The number of hydrogen-bond acceptors (Lipinski definition) is 3. The fourth-order valence-electron chi connectivity index (χ4n) is 1.29. The van der Waals surface area contributed by atoms with Crippen LogP contribution in [0.25, 0.3) is 0 Å². The van der Waals surface area contributed by atoms with E-state index < -0.39 is 16.0 Å². The Morgan fingerprint density at radius 3 is 2.67 bits per heavy atom. The maximum absolute atomic E-state index is 11.7. The van der Waals surface area contributed by atoms with E-state index in [1.54, 1.807) is 0 Å². The number of aromatic carboxylic acids is 1. The number of unbranched alkanes of at least 4 members (excludes halogenated alkanes) is 1. The molecule has 2 N–H and O–H groups in total. The average molecular weight is 292 g/mol. The van der Waals surface area contributed by atoms with Crippen LogP contribution in [0.1, 0.15) is 30.1 Å². The lowest BCUT2D eigenvalue weighted by Crippen LogP contribution is -2.17. The maximum Gasteiger partial charge on any atom is 0.335 e. The second kappa shape index (κ2) is 6.06. The third-order valence-corrected chi connectivity index (χ3v) is 3.93. The van der Waals surface area contributed by atoms with Crippen molar-refractivity contribution in [2.24, 2.45) is 0 Å². The van der Waals surface area contributed by atoms with Crippen LogP contribution in [-0.2, 0) is 10.0 Å². The van der Waals surface area contributed by atoms with E-state index in [0.717, 1.165) is 6.42 Å². The van der Waals surface area contributed by atoms with Crippen molar-refractivity contribution in [3.05, 3.63) is 28.8 Å². The van der Waals surface area contributed by atoms with Crippen molar-refractivity contribution >= 4 is 33.3 Å². The summed E-state index contributed by atoms with van der Waals surface area (Å²) in [5.41, 5.74) is 0.0697. The molecule has 100 valence electrons. The molecule has 0 saturated carbocycles. The van der Waals surface area contributed by atoms with Crippen molar-refractivity contribution in [3.8, 4) is 0 Å². The zero-order chi connectivity index (χ0) is 13.8. The van der Waals surface area contributed by atoms with Gasteiger partial charge in [-0.15, -0.1) is 0 Å². The van der Waals surface area contributed by atoms with Crippen LogP contribution in [0.5, 0.6) is 0 Å². The minimum absolute atomic E-state index is 0.0167. The number of carbonyl (C=O) groups is 1. The fourth-order valence-corrected chi connectivity index (χ4v) is 2.78. The lowest BCUT2D eigenvalue weighted by atomic mass is 10.2. The van der Waals surface area contributed by atoms with Gasteiger partial charge >= 0.3 is 5.97 Å². The summed E-state index contributed by atoms with van der Waals surface area (Å²) < 4.78 is 25.6. The van der Waals surface area contributed by atoms with Crippen molar-refractivity contribution in [3.63, 3.8) is 0 Å². The van der Waals surface area contributed by atoms with E-state index in [0.29, 0.717) is 6.42 Å². The molecule has 0 aliphatic heterocycles. The van der Waals surface area contributed by atoms with Gasteiger partial charge in [0.05, 0.1) is 22.0 Å². The predicted molar refractivity (Wildman–Crippen MR) is 70.7 cm³/mol. The van der Waals surface area contributed by atoms with Crippen molar-refractivity contribution in [1.82, 2.24) is 0 Å². The zero-order valence-corrected chi connectivity index (χ0v) is 11.4. The largest absolute Gasteiger partial charge is 0.478 e. The van der Waals surface area contributed by atoms with Crippen LogP contribution in [0.15, 0.2) is 18.2 Å². The van der Waals surface area contributed by atoms with Gasteiger partial charge in [-0.2, -0.15) is 0 Å². The first-order valence-electron chi connectivity index (χ1n) is 5.39. The first-order valence-corrected chi connectivity index (χ1v) is 7.42. The summed E-state index contributed by atoms with van der Waals surface area (Å²) in [5.74, 6) is -1.16. The Labute approximate surface area is 111 Å². The summed E-state index contributed by atoms with van der Waals surface area (Å²) in [6, 6.07) is 3.87. The number of halogens is 1. The fraction of sp³-hybridized carbons (Fsp3) is 0.364. The van der Waals surface area contributed by atoms with Crippen LogP contribution in [0, 0.1) is 0 Å². The molecule has 0 amide bonds. The highest BCUT2D eigenvalue weighted by Crippen LogP contribution is 2.24. The molecule has 0 aliphatic carbocycles. The Bertz CT molecular complexity index is 542. The molecule has 0 aliphatic rings. The topological polar surface area (TPSA) is 83.5 Å². The molecule has 0 aromatic heterocycles. The molecular weight excluding hydrogens is 278 g/mol. The molecule has 1 aromatic carbocycles. The highest BCUT2D eigenvalue weighted by Gasteiger charge is 2.14. The molecule has 0 heterocycles. The summed E-state index contributed by atoms with van der Waals surface area (Å²) in [5, 5.41) is 8.99. The van der Waals surface area contributed by atoms with Gasteiger partial charge in [-0.05, 0) is 24.6 Å². The summed E-state index contributed by atoms with van der Waals surface area (Å²) in [7, 11) is -3.49. The molecule has 0 saturated heterocycles. The molecule has 1 aromatic rings. The normalized spacial score (nSPS) is 11.2. The van der Waals surface area contributed by atoms with Crippen molar-refractivity contribution in [1.29, 1.82) is 0 Å². The Morgan fingerprint density at radius 2 is 2.11 bits per heavy atom. The Hall–Kier alpha value is -1.27. The highest BCUT2D eigenvalue weighted by atomic mass is 35.5. The molecule has 0 unspecified atom stereocenters. The summed E-state index contributed by atoms with van der Waals surface area (Å²) in [6.07, 6.45) is 1.29. The molecular formula is C11H14ClNO4S. The van der Waals surface area contributed by atoms with Gasteiger partial charge in [-0.3, -0.25) is 4.72 Å². The van der Waals surface area contributed by atoms with Crippen LogP contribution in [0.3, 0.4) is 0 Å². The van der Waals surface area contributed by atoms with Gasteiger partial charge < -0.3 is 5.11 Å². The third-order valence-electron chi connectivity index (χ3n) is 2.25. The molecule has 0 spiro atoms. The molecule has 0 atom stereocenters. The van der Waals surface area contributed by atoms with Gasteiger partial charge in [0.25, 0.3) is 0 Å². The minimum atomic E-state index is -3.49. The third kappa shape index (κ3) is 4.19. The molecule has 7 heteroatoms. The Kier molecular flexibility index (Phi) is 4.98. The Morgan fingerprint density at radius 1 is 1.44 bits per heavy atom. The van der Waals surface area contributed by atoms with Gasteiger partial charge in [0.1, 0.15) is 0 Å². The highest BCUT2D eigenvalue weighted by molar-refractivity contribution is 7.92. The zero-order valence-electron chi connectivity index (χ0n) is 9.81. The second-order valence-corrected chi connectivity index (χ2v) is 6.02. The molecule has 1 rings (SSSR count). The van der Waals surface area contributed by atoms with Gasteiger partial charge in [0.15, 0.2) is 0 Å². The van der Waals surface area contributed by atoms with E-state index in [1.807, 2.05) is 6.92 Å². The van der Waals surface area contributed by atoms with E-state index >= 15 is 0 Å². The molecule has 0 radical (unpaired) electrons. The van der Waals surface area contributed by atoms with E-state index in [9.17, 15) is 13.2 Å². The number of hydrogen-bond donors (Lipinski definition) is 2. The molecule has 0 bridgehead atoms. The molecule has 18 heavy (non-hydrogen) atoms. The van der Waals surface area contributed by atoms with Crippen LogP contribution in [-0.4, -0.2) is 25.2 Å². The van der Waals surface area contributed by atoms with E-state index in [-0.39, 0.29) is 22.0 Å². The van der Waals surface area contributed by atoms with E-state index in [2.05, 4.69) is 4.72 Å². The van der Waals surface area contributed by atoms with E-state index in [4.69, 9.17) is 16.7 Å². The van der Waals surface area contributed by atoms with Crippen molar-refractivity contribution < 1.29 is 18.3 Å². The standard InChI is InChI=1S/C11H14ClNO4S/c1-2-3-6-18(16,17)13-10-7-8(11(14)15)4-5-9(10)12/h4-5,7,13H,2-3,6H2,1H3,(H,14,15). The number of carboxylic acid groups (broad SMARTS) is 1. The van der Waals surface area contributed by atoms with Gasteiger partial charge in [-0.1, -0.05) is 24.9 Å². The quantitative estimate of drug-likeness (QED) is 0.844. The SMILES string of the molecule is CCCCS(=O)(=O)Nc1cc(C(=O)O)ccc1Cl. The van der Waals surface area contributed by atoms with Crippen LogP contribution >= 0.6 is 11.6 Å². The average Bonchev–Trinajstić information content (AvgIpc) is 2.29. The van der Waals surface area contributed by atoms with Crippen LogP contribution in [0.4, 0.5) is 5.69 Å².